The largest absolute Gasteiger partial charge is 0.453 e. The van der Waals surface area contributed by atoms with Gasteiger partial charge in [-0.15, -0.1) is 11.3 Å². The SMILES string of the molecule is c1ccc(-n2c3ccccc3c3c(N(c4ccc5sc6ccccc6c5c4)c4cccc5c4oc4c6ccccc6ccc54)cccc32)cc1. The van der Waals surface area contributed by atoms with Crippen molar-refractivity contribution in [1.29, 1.82) is 0 Å². The van der Waals surface area contributed by atoms with E-state index in [0.29, 0.717) is 0 Å². The van der Waals surface area contributed by atoms with Gasteiger partial charge in [-0.3, -0.25) is 0 Å². The standard InChI is InChI=1S/C46H28N2OS/c1-2-13-30(14-3-1)47-38-19-8-6-17-36(38)44-39(47)20-11-21-40(44)48(31-25-27-43-37(28-31)33-16-7-9-23-42(33)50-43)41-22-10-18-34-35-26-24-29-12-4-5-15-32(29)45(35)49-46(34)41/h1-28H. The Labute approximate surface area is 291 Å². The Kier molecular flexibility index (Phi) is 5.83. The summed E-state index contributed by atoms with van der Waals surface area (Å²) in [6.45, 7) is 0. The molecule has 0 unspecified atom stereocenters. The van der Waals surface area contributed by atoms with E-state index in [1.54, 1.807) is 0 Å². The average molecular weight is 657 g/mol. The molecule has 0 amide bonds. The summed E-state index contributed by atoms with van der Waals surface area (Å²) in [6.07, 6.45) is 0. The molecule has 3 heterocycles. The molecule has 50 heavy (non-hydrogen) atoms. The molecule has 11 rings (SSSR count). The van der Waals surface area contributed by atoms with Crippen molar-refractivity contribution in [2.24, 2.45) is 0 Å². The number of anilines is 3. The summed E-state index contributed by atoms with van der Waals surface area (Å²) in [5.74, 6) is 0. The second-order valence-electron chi connectivity index (χ2n) is 12.9. The first-order chi connectivity index (χ1) is 24.8. The average Bonchev–Trinajstić information content (AvgIpc) is 3.86. The van der Waals surface area contributed by atoms with Crippen LogP contribution < -0.4 is 4.90 Å². The molecule has 0 saturated carbocycles. The van der Waals surface area contributed by atoms with Crippen LogP contribution in [0.1, 0.15) is 0 Å². The number of hydrogen-bond donors (Lipinski definition) is 0. The number of hydrogen-bond acceptors (Lipinski definition) is 3. The number of furan rings is 1. The predicted octanol–water partition coefficient (Wildman–Crippen LogP) is 13.7. The highest BCUT2D eigenvalue weighted by atomic mass is 32.1. The zero-order valence-electron chi connectivity index (χ0n) is 26.9. The molecule has 3 nitrogen and oxygen atoms in total. The van der Waals surface area contributed by atoms with E-state index in [1.807, 2.05) is 11.3 Å². The van der Waals surface area contributed by atoms with Crippen molar-refractivity contribution in [1.82, 2.24) is 4.57 Å². The van der Waals surface area contributed by atoms with Gasteiger partial charge in [-0.05, 0) is 72.1 Å². The number of benzene rings is 8. The lowest BCUT2D eigenvalue weighted by molar-refractivity contribution is 0.673. The van der Waals surface area contributed by atoms with Crippen molar-refractivity contribution in [3.05, 3.63) is 170 Å². The van der Waals surface area contributed by atoms with Gasteiger partial charge in [0.15, 0.2) is 5.58 Å². The number of rotatable bonds is 4. The van der Waals surface area contributed by atoms with E-state index >= 15 is 0 Å². The number of aromatic nitrogens is 1. The molecule has 0 spiro atoms. The maximum atomic E-state index is 6.99. The maximum absolute atomic E-state index is 6.99. The molecule has 0 N–H and O–H groups in total. The fourth-order valence-corrected chi connectivity index (χ4v) is 9.08. The normalized spacial score (nSPS) is 12.0. The van der Waals surface area contributed by atoms with Gasteiger partial charge >= 0.3 is 0 Å². The summed E-state index contributed by atoms with van der Waals surface area (Å²) in [6, 6.07) is 61.2. The van der Waals surface area contributed by atoms with Crippen molar-refractivity contribution in [2.45, 2.75) is 0 Å². The van der Waals surface area contributed by atoms with E-state index in [0.717, 1.165) is 55.6 Å². The van der Waals surface area contributed by atoms with Crippen molar-refractivity contribution < 1.29 is 4.42 Å². The van der Waals surface area contributed by atoms with Gasteiger partial charge in [-0.1, -0.05) is 103 Å². The van der Waals surface area contributed by atoms with Gasteiger partial charge in [-0.25, -0.2) is 0 Å². The first-order valence-electron chi connectivity index (χ1n) is 16.9. The molecular weight excluding hydrogens is 629 g/mol. The quantitative estimate of drug-likeness (QED) is 0.188. The van der Waals surface area contributed by atoms with Gasteiger partial charge in [-0.2, -0.15) is 0 Å². The van der Waals surface area contributed by atoms with Crippen LogP contribution in [0.2, 0.25) is 0 Å². The highest BCUT2D eigenvalue weighted by Gasteiger charge is 2.25. The van der Waals surface area contributed by atoms with Gasteiger partial charge in [0.1, 0.15) is 5.58 Å². The highest BCUT2D eigenvalue weighted by molar-refractivity contribution is 7.25. The Hall–Kier alpha value is -6.36. The van der Waals surface area contributed by atoms with Gasteiger partial charge in [0.25, 0.3) is 0 Å². The van der Waals surface area contributed by atoms with E-state index in [4.69, 9.17) is 4.42 Å². The minimum absolute atomic E-state index is 0.873. The zero-order valence-corrected chi connectivity index (χ0v) is 27.7. The Bertz CT molecular complexity index is 3110. The third-order valence-corrected chi connectivity index (χ3v) is 11.3. The molecule has 0 aliphatic heterocycles. The van der Waals surface area contributed by atoms with Crippen LogP contribution in [0.5, 0.6) is 0 Å². The predicted molar refractivity (Wildman–Crippen MR) is 213 cm³/mol. The van der Waals surface area contributed by atoms with Crippen LogP contribution in [-0.4, -0.2) is 4.57 Å². The second kappa shape index (κ2) is 10.6. The Morgan fingerprint density at radius 2 is 1.12 bits per heavy atom. The molecule has 0 saturated heterocycles. The van der Waals surface area contributed by atoms with Crippen molar-refractivity contribution in [2.75, 3.05) is 4.90 Å². The fourth-order valence-electron chi connectivity index (χ4n) is 7.99. The molecule has 0 radical (unpaired) electrons. The molecule has 0 fully saturated rings. The summed E-state index contributed by atoms with van der Waals surface area (Å²) >= 11 is 1.85. The first kappa shape index (κ1) is 27.6. The lowest BCUT2D eigenvalue weighted by atomic mass is 10.0. The molecule has 4 heteroatoms. The molecule has 0 bridgehead atoms. The lowest BCUT2D eigenvalue weighted by Gasteiger charge is -2.26. The Balaban J connectivity index is 1.27. The number of nitrogens with zero attached hydrogens (tertiary/aromatic N) is 2. The summed E-state index contributed by atoms with van der Waals surface area (Å²) in [7, 11) is 0. The first-order valence-corrected chi connectivity index (χ1v) is 17.8. The van der Waals surface area contributed by atoms with Crippen LogP contribution in [0.15, 0.2) is 174 Å². The number of fused-ring (bicyclic) bond motifs is 11. The summed E-state index contributed by atoms with van der Waals surface area (Å²) in [5.41, 5.74) is 8.46. The number of para-hydroxylation sites is 3. The molecule has 8 aromatic carbocycles. The fraction of sp³-hybridized carbons (Fsp3) is 0. The van der Waals surface area contributed by atoms with Crippen LogP contribution >= 0.6 is 11.3 Å². The van der Waals surface area contributed by atoms with Crippen molar-refractivity contribution >= 4 is 103 Å². The van der Waals surface area contributed by atoms with Gasteiger partial charge in [0.05, 0.1) is 22.4 Å². The van der Waals surface area contributed by atoms with Crippen LogP contribution in [0.25, 0.3) is 80.4 Å². The number of thiophene rings is 1. The summed E-state index contributed by atoms with van der Waals surface area (Å²) < 4.78 is 12.0. The van der Waals surface area contributed by atoms with Gasteiger partial charge < -0.3 is 13.9 Å². The van der Waals surface area contributed by atoms with E-state index in [2.05, 4.69) is 179 Å². The lowest BCUT2D eigenvalue weighted by Crippen LogP contribution is -2.10. The van der Waals surface area contributed by atoms with Crippen molar-refractivity contribution in [3.63, 3.8) is 0 Å². The summed E-state index contributed by atoms with van der Waals surface area (Å²) in [4.78, 5) is 2.42. The van der Waals surface area contributed by atoms with Gasteiger partial charge in [0.2, 0.25) is 0 Å². The van der Waals surface area contributed by atoms with E-state index in [-0.39, 0.29) is 0 Å². The molecular formula is C46H28N2OS. The van der Waals surface area contributed by atoms with E-state index in [1.165, 1.54) is 41.8 Å². The van der Waals surface area contributed by atoms with E-state index in [9.17, 15) is 0 Å². The molecule has 0 aliphatic carbocycles. The van der Waals surface area contributed by atoms with Crippen LogP contribution in [0.4, 0.5) is 17.1 Å². The third-order valence-electron chi connectivity index (χ3n) is 10.2. The molecule has 0 atom stereocenters. The summed E-state index contributed by atoms with van der Waals surface area (Å²) in [5, 5.41) is 9.46. The molecule has 11 aromatic rings. The Morgan fingerprint density at radius 3 is 2.04 bits per heavy atom. The maximum Gasteiger partial charge on any atom is 0.159 e. The minimum atomic E-state index is 0.873. The Morgan fingerprint density at radius 1 is 0.440 bits per heavy atom. The van der Waals surface area contributed by atoms with E-state index < -0.39 is 0 Å². The van der Waals surface area contributed by atoms with Crippen LogP contribution in [-0.2, 0) is 0 Å². The van der Waals surface area contributed by atoms with Crippen LogP contribution in [0, 0.1) is 0 Å². The smallest absolute Gasteiger partial charge is 0.159 e. The molecule has 0 aliphatic rings. The second-order valence-corrected chi connectivity index (χ2v) is 14.0. The van der Waals surface area contributed by atoms with Crippen molar-refractivity contribution in [3.8, 4) is 5.69 Å². The van der Waals surface area contributed by atoms with Gasteiger partial charge in [0, 0.05) is 58.5 Å². The molecule has 3 aromatic heterocycles. The third kappa shape index (κ3) is 3.91. The minimum Gasteiger partial charge on any atom is -0.453 e. The highest BCUT2D eigenvalue weighted by Crippen LogP contribution is 2.48. The molecule has 234 valence electrons. The topological polar surface area (TPSA) is 21.3 Å². The van der Waals surface area contributed by atoms with Crippen LogP contribution in [0.3, 0.4) is 0 Å². The zero-order chi connectivity index (χ0) is 32.8. The monoisotopic (exact) mass is 656 g/mol.